The van der Waals surface area contributed by atoms with E-state index < -0.39 is 11.0 Å². The van der Waals surface area contributed by atoms with Crippen LogP contribution in [0.1, 0.15) is 6.42 Å². The molecule has 0 aliphatic carbocycles. The van der Waals surface area contributed by atoms with E-state index in [1.165, 1.54) is 19.2 Å². The molecule has 1 heterocycles. The van der Waals surface area contributed by atoms with E-state index in [4.69, 9.17) is 9.15 Å². The number of benzene rings is 1. The lowest BCUT2D eigenvalue weighted by Gasteiger charge is -2.08. The molecule has 1 aromatic heterocycles. The molecule has 2 rings (SSSR count). The zero-order chi connectivity index (χ0) is 14.5. The van der Waals surface area contributed by atoms with Crippen molar-refractivity contribution in [3.8, 4) is 0 Å². The predicted molar refractivity (Wildman–Crippen MR) is 71.7 cm³/mol. The third-order valence-corrected chi connectivity index (χ3v) is 2.71. The molecule has 0 spiro atoms. The van der Waals surface area contributed by atoms with Crippen LogP contribution in [0.3, 0.4) is 0 Å². The molecule has 8 nitrogen and oxygen atoms in total. The van der Waals surface area contributed by atoms with E-state index in [0.29, 0.717) is 18.5 Å². The van der Waals surface area contributed by atoms with Crippen molar-refractivity contribution in [2.45, 2.75) is 12.5 Å². The number of hydrogen-bond acceptors (Lipinski definition) is 7. The second-order valence-electron chi connectivity index (χ2n) is 4.22. The van der Waals surface area contributed by atoms with Crippen molar-refractivity contribution in [2.75, 3.05) is 25.6 Å². The van der Waals surface area contributed by atoms with Crippen LogP contribution in [0.25, 0.3) is 11.1 Å². The summed E-state index contributed by atoms with van der Waals surface area (Å²) < 4.78 is 10.2. The van der Waals surface area contributed by atoms with Crippen molar-refractivity contribution in [2.24, 2.45) is 0 Å². The Morgan fingerprint density at radius 3 is 3.10 bits per heavy atom. The number of nitro benzene ring substituents is 1. The third kappa shape index (κ3) is 3.22. The first-order chi connectivity index (χ1) is 9.61. The molecule has 2 aromatic rings. The zero-order valence-electron chi connectivity index (χ0n) is 10.9. The summed E-state index contributed by atoms with van der Waals surface area (Å²) in [6.45, 7) is 0.672. The van der Waals surface area contributed by atoms with Crippen molar-refractivity contribution in [3.63, 3.8) is 0 Å². The molecular formula is C12H15N3O5. The minimum atomic E-state index is -0.578. The van der Waals surface area contributed by atoms with Gasteiger partial charge in [-0.3, -0.25) is 10.1 Å². The summed E-state index contributed by atoms with van der Waals surface area (Å²) in [6.07, 6.45) is -0.125. The Kier molecular flexibility index (Phi) is 4.49. The molecule has 0 amide bonds. The quantitative estimate of drug-likeness (QED) is 0.585. The van der Waals surface area contributed by atoms with Crippen LogP contribution in [0, 0.1) is 10.1 Å². The van der Waals surface area contributed by atoms with Crippen molar-refractivity contribution >= 4 is 22.8 Å². The van der Waals surface area contributed by atoms with Gasteiger partial charge in [-0.05, 0) is 12.5 Å². The summed E-state index contributed by atoms with van der Waals surface area (Å²) in [5.74, 6) is 0. The number of nitro groups is 1. The molecule has 0 saturated carbocycles. The molecule has 1 atom stereocenters. The van der Waals surface area contributed by atoms with Crippen LogP contribution in [0.2, 0.25) is 0 Å². The molecule has 1 unspecified atom stereocenters. The van der Waals surface area contributed by atoms with Gasteiger partial charge >= 0.3 is 0 Å². The number of nitrogens with one attached hydrogen (secondary N) is 1. The Morgan fingerprint density at radius 2 is 2.40 bits per heavy atom. The first kappa shape index (κ1) is 14.2. The average molecular weight is 281 g/mol. The van der Waals surface area contributed by atoms with Gasteiger partial charge in [0, 0.05) is 19.7 Å². The fourth-order valence-electron chi connectivity index (χ4n) is 1.78. The minimum Gasteiger partial charge on any atom is -0.423 e. The van der Waals surface area contributed by atoms with E-state index in [1.807, 2.05) is 0 Å². The molecule has 8 heteroatoms. The number of fused-ring (bicyclic) bond motifs is 1. The topological polar surface area (TPSA) is 111 Å². The van der Waals surface area contributed by atoms with Gasteiger partial charge in [0.15, 0.2) is 11.1 Å². The fourth-order valence-corrected chi connectivity index (χ4v) is 1.78. The van der Waals surface area contributed by atoms with E-state index in [2.05, 4.69) is 10.3 Å². The summed E-state index contributed by atoms with van der Waals surface area (Å²) in [7, 11) is 1.51. The van der Waals surface area contributed by atoms with E-state index >= 15 is 0 Å². The highest BCUT2D eigenvalue weighted by Gasteiger charge is 2.17. The van der Waals surface area contributed by atoms with Crippen molar-refractivity contribution in [1.29, 1.82) is 0 Å². The van der Waals surface area contributed by atoms with Crippen LogP contribution < -0.4 is 5.32 Å². The normalized spacial score (nSPS) is 12.5. The Morgan fingerprint density at radius 1 is 1.60 bits per heavy atom. The first-order valence-corrected chi connectivity index (χ1v) is 6.06. The molecule has 0 aliphatic heterocycles. The standard InChI is InChI=1S/C12H15N3O5/c1-19-7-8(16)5-6-13-12-14-11-9(15(17)18)3-2-4-10(11)20-12/h2-4,8,16H,5-7H2,1H3,(H,13,14). The molecule has 20 heavy (non-hydrogen) atoms. The van der Waals surface area contributed by atoms with Crippen molar-refractivity contribution in [3.05, 3.63) is 28.3 Å². The van der Waals surface area contributed by atoms with Crippen LogP contribution >= 0.6 is 0 Å². The SMILES string of the molecule is COCC(O)CCNc1nc2c([N+](=O)[O-])cccc2o1. The molecule has 0 radical (unpaired) electrons. The number of anilines is 1. The van der Waals surface area contributed by atoms with Gasteiger partial charge in [-0.1, -0.05) is 6.07 Å². The van der Waals surface area contributed by atoms with E-state index in [-0.39, 0.29) is 23.8 Å². The summed E-state index contributed by atoms with van der Waals surface area (Å²) in [6, 6.07) is 4.72. The number of para-hydroxylation sites is 1. The van der Waals surface area contributed by atoms with Gasteiger partial charge in [-0.25, -0.2) is 0 Å². The van der Waals surface area contributed by atoms with Gasteiger partial charge < -0.3 is 19.6 Å². The monoisotopic (exact) mass is 281 g/mol. The van der Waals surface area contributed by atoms with E-state index in [9.17, 15) is 15.2 Å². The number of rotatable bonds is 7. The number of aliphatic hydroxyl groups excluding tert-OH is 1. The van der Waals surface area contributed by atoms with Crippen LogP contribution in [0.15, 0.2) is 22.6 Å². The maximum atomic E-state index is 10.9. The molecule has 1 aromatic carbocycles. The Hall–Kier alpha value is -2.19. The number of nitrogens with zero attached hydrogens (tertiary/aromatic N) is 2. The molecule has 0 aliphatic rings. The van der Waals surface area contributed by atoms with E-state index in [0.717, 1.165) is 0 Å². The highest BCUT2D eigenvalue weighted by molar-refractivity contribution is 5.83. The van der Waals surface area contributed by atoms with Gasteiger partial charge in [-0.15, -0.1) is 0 Å². The summed E-state index contributed by atoms with van der Waals surface area (Å²) in [5.41, 5.74) is 0.454. The molecule has 0 fully saturated rings. The predicted octanol–water partition coefficient (Wildman–Crippen LogP) is 1.55. The molecule has 0 saturated heterocycles. The smallest absolute Gasteiger partial charge is 0.298 e. The average Bonchev–Trinajstić information content (AvgIpc) is 2.81. The Labute approximate surface area is 114 Å². The second kappa shape index (κ2) is 6.31. The molecule has 0 bridgehead atoms. The lowest BCUT2D eigenvalue weighted by molar-refractivity contribution is -0.383. The largest absolute Gasteiger partial charge is 0.423 e. The zero-order valence-corrected chi connectivity index (χ0v) is 10.9. The highest BCUT2D eigenvalue weighted by Crippen LogP contribution is 2.27. The van der Waals surface area contributed by atoms with E-state index in [1.54, 1.807) is 6.07 Å². The van der Waals surface area contributed by atoms with Crippen LogP contribution in [0.5, 0.6) is 0 Å². The summed E-state index contributed by atoms with van der Waals surface area (Å²) in [5, 5.41) is 23.2. The van der Waals surface area contributed by atoms with Crippen molar-refractivity contribution in [1.82, 2.24) is 4.98 Å². The van der Waals surface area contributed by atoms with Gasteiger partial charge in [-0.2, -0.15) is 4.98 Å². The second-order valence-corrected chi connectivity index (χ2v) is 4.22. The number of aromatic nitrogens is 1. The van der Waals surface area contributed by atoms with Crippen LogP contribution in [-0.4, -0.2) is 41.4 Å². The highest BCUT2D eigenvalue weighted by atomic mass is 16.6. The van der Waals surface area contributed by atoms with Gasteiger partial charge in [0.25, 0.3) is 11.7 Å². The third-order valence-electron chi connectivity index (χ3n) is 2.71. The van der Waals surface area contributed by atoms with Crippen LogP contribution in [0.4, 0.5) is 11.7 Å². The van der Waals surface area contributed by atoms with Gasteiger partial charge in [0.1, 0.15) is 0 Å². The molecule has 2 N–H and O–H groups in total. The summed E-state index contributed by atoms with van der Waals surface area (Å²) >= 11 is 0. The van der Waals surface area contributed by atoms with Gasteiger partial charge in [0.2, 0.25) is 0 Å². The summed E-state index contributed by atoms with van der Waals surface area (Å²) in [4.78, 5) is 14.4. The lowest BCUT2D eigenvalue weighted by Crippen LogP contribution is -2.18. The molecule has 108 valence electrons. The first-order valence-electron chi connectivity index (χ1n) is 6.06. The fraction of sp³-hybridized carbons (Fsp3) is 0.417. The van der Waals surface area contributed by atoms with Gasteiger partial charge in [0.05, 0.1) is 17.6 Å². The minimum absolute atomic E-state index is 0.0984. The van der Waals surface area contributed by atoms with Crippen molar-refractivity contribution < 1.29 is 19.2 Å². The lowest BCUT2D eigenvalue weighted by atomic mass is 10.3. The maximum Gasteiger partial charge on any atom is 0.298 e. The number of hydrogen-bond donors (Lipinski definition) is 2. The van der Waals surface area contributed by atoms with Crippen LogP contribution in [-0.2, 0) is 4.74 Å². The molecular weight excluding hydrogens is 266 g/mol. The number of aliphatic hydroxyl groups is 1. The number of oxazole rings is 1. The number of methoxy groups -OCH3 is 1. The Bertz CT molecular complexity index is 598. The number of non-ortho nitro benzene ring substituents is 1. The number of ether oxygens (including phenoxy) is 1. The Balaban J connectivity index is 2.05. The maximum absolute atomic E-state index is 10.9.